The molecule has 1 aromatic carbocycles. The Labute approximate surface area is 126 Å². The molecule has 2 aromatic rings. The van der Waals surface area contributed by atoms with Crippen LogP contribution in [0.5, 0.6) is 5.75 Å². The molecule has 1 aliphatic heterocycles. The largest absolute Gasteiger partial charge is 0.508 e. The van der Waals surface area contributed by atoms with E-state index in [2.05, 4.69) is 20.0 Å². The van der Waals surface area contributed by atoms with Gasteiger partial charge in [0.1, 0.15) is 10.8 Å². The monoisotopic (exact) mass is 306 g/mol. The fourth-order valence-electron chi connectivity index (χ4n) is 2.46. The van der Waals surface area contributed by atoms with Crippen LogP contribution in [0.25, 0.3) is 0 Å². The second kappa shape index (κ2) is 5.65. The van der Waals surface area contributed by atoms with E-state index < -0.39 is 0 Å². The van der Waals surface area contributed by atoms with Gasteiger partial charge in [-0.2, -0.15) is 5.10 Å². The zero-order valence-electron chi connectivity index (χ0n) is 11.3. The molecule has 3 rings (SSSR count). The van der Waals surface area contributed by atoms with E-state index in [1.54, 1.807) is 18.3 Å². The van der Waals surface area contributed by atoms with E-state index in [-0.39, 0.29) is 16.3 Å². The van der Waals surface area contributed by atoms with Crippen LogP contribution in [0.3, 0.4) is 0 Å². The van der Waals surface area contributed by atoms with E-state index in [9.17, 15) is 9.90 Å². The minimum atomic E-state index is -0.366. The molecule has 0 radical (unpaired) electrons. The summed E-state index contributed by atoms with van der Waals surface area (Å²) in [5, 5.41) is 15.6. The van der Waals surface area contributed by atoms with Crippen molar-refractivity contribution in [2.45, 2.75) is 0 Å². The lowest BCUT2D eigenvalue weighted by Crippen LogP contribution is -2.47. The minimum Gasteiger partial charge on any atom is -0.508 e. The standard InChI is InChI=1S/C14H15ClN4O2/c15-13-12(9-16-17-14(13)21)19-7-5-18(6-8-19)10-1-3-11(20)4-2-10/h1-4,9,20H,5-8H2,(H,17,21). The molecule has 0 bridgehead atoms. The molecule has 1 aromatic heterocycles. The zero-order valence-corrected chi connectivity index (χ0v) is 12.0. The molecular weight excluding hydrogens is 292 g/mol. The first-order chi connectivity index (χ1) is 10.1. The fourth-order valence-corrected chi connectivity index (χ4v) is 2.67. The van der Waals surface area contributed by atoms with Crippen LogP contribution in [0.4, 0.5) is 11.4 Å². The van der Waals surface area contributed by atoms with E-state index >= 15 is 0 Å². The second-order valence-electron chi connectivity index (χ2n) is 4.89. The molecule has 0 amide bonds. The predicted molar refractivity (Wildman–Crippen MR) is 82.4 cm³/mol. The SMILES string of the molecule is O=c1[nH]ncc(N2CCN(c3ccc(O)cc3)CC2)c1Cl. The highest BCUT2D eigenvalue weighted by molar-refractivity contribution is 6.33. The summed E-state index contributed by atoms with van der Waals surface area (Å²) in [6.45, 7) is 3.14. The van der Waals surface area contributed by atoms with Crippen molar-refractivity contribution in [2.24, 2.45) is 0 Å². The van der Waals surface area contributed by atoms with Gasteiger partial charge in [0.15, 0.2) is 0 Å². The first kappa shape index (κ1) is 13.8. The van der Waals surface area contributed by atoms with Crippen LogP contribution in [0.15, 0.2) is 35.3 Å². The van der Waals surface area contributed by atoms with Gasteiger partial charge in [-0.1, -0.05) is 11.6 Å². The summed E-state index contributed by atoms with van der Waals surface area (Å²) in [6.07, 6.45) is 1.58. The van der Waals surface area contributed by atoms with Gasteiger partial charge >= 0.3 is 0 Å². The maximum Gasteiger partial charge on any atom is 0.285 e. The Morgan fingerprint density at radius 3 is 2.38 bits per heavy atom. The molecule has 2 heterocycles. The Kier molecular flexibility index (Phi) is 3.70. The number of benzene rings is 1. The van der Waals surface area contributed by atoms with Gasteiger partial charge < -0.3 is 14.9 Å². The molecule has 0 spiro atoms. The highest BCUT2D eigenvalue weighted by Crippen LogP contribution is 2.24. The zero-order chi connectivity index (χ0) is 14.8. The molecule has 21 heavy (non-hydrogen) atoms. The number of aromatic amines is 1. The normalized spacial score (nSPS) is 15.3. The number of hydrogen-bond donors (Lipinski definition) is 2. The van der Waals surface area contributed by atoms with Gasteiger partial charge in [-0.25, -0.2) is 5.10 Å². The Bertz CT molecular complexity index is 678. The van der Waals surface area contributed by atoms with Crippen molar-refractivity contribution in [2.75, 3.05) is 36.0 Å². The molecule has 2 N–H and O–H groups in total. The molecule has 1 saturated heterocycles. The number of nitrogens with zero attached hydrogens (tertiary/aromatic N) is 3. The number of nitrogens with one attached hydrogen (secondary N) is 1. The molecular formula is C14H15ClN4O2. The Hall–Kier alpha value is -2.21. The van der Waals surface area contributed by atoms with E-state index in [0.29, 0.717) is 5.69 Å². The summed E-state index contributed by atoms with van der Waals surface area (Å²) in [6, 6.07) is 7.15. The lowest BCUT2D eigenvalue weighted by molar-refractivity contribution is 0.475. The average molecular weight is 307 g/mol. The quantitative estimate of drug-likeness (QED) is 0.879. The maximum absolute atomic E-state index is 11.5. The smallest absolute Gasteiger partial charge is 0.285 e. The number of hydrogen-bond acceptors (Lipinski definition) is 5. The summed E-state index contributed by atoms with van der Waals surface area (Å²) in [5.41, 5.74) is 1.38. The second-order valence-corrected chi connectivity index (χ2v) is 5.27. The summed E-state index contributed by atoms with van der Waals surface area (Å²) in [7, 11) is 0. The van der Waals surface area contributed by atoms with Crippen LogP contribution in [-0.2, 0) is 0 Å². The highest BCUT2D eigenvalue weighted by Gasteiger charge is 2.20. The number of phenolic OH excluding ortho intramolecular Hbond substituents is 1. The Morgan fingerprint density at radius 2 is 1.71 bits per heavy atom. The van der Waals surface area contributed by atoms with Crippen LogP contribution in [0, 0.1) is 0 Å². The fraction of sp³-hybridized carbons (Fsp3) is 0.286. The topological polar surface area (TPSA) is 72.5 Å². The molecule has 110 valence electrons. The van der Waals surface area contributed by atoms with Gasteiger partial charge in [-0.3, -0.25) is 4.79 Å². The van der Waals surface area contributed by atoms with Gasteiger partial charge in [0.2, 0.25) is 0 Å². The minimum absolute atomic E-state index is 0.183. The third-order valence-electron chi connectivity index (χ3n) is 3.61. The van der Waals surface area contributed by atoms with Gasteiger partial charge in [0.25, 0.3) is 5.56 Å². The molecule has 7 heteroatoms. The number of anilines is 2. The Morgan fingerprint density at radius 1 is 1.10 bits per heavy atom. The Balaban J connectivity index is 1.71. The van der Waals surface area contributed by atoms with E-state index in [1.165, 1.54) is 0 Å². The van der Waals surface area contributed by atoms with Crippen LogP contribution in [-0.4, -0.2) is 41.5 Å². The summed E-state index contributed by atoms with van der Waals surface area (Å²) in [5.74, 6) is 0.263. The third kappa shape index (κ3) is 2.80. The van der Waals surface area contributed by atoms with E-state index in [1.807, 2.05) is 12.1 Å². The van der Waals surface area contributed by atoms with E-state index in [4.69, 9.17) is 11.6 Å². The van der Waals surface area contributed by atoms with Crippen LogP contribution >= 0.6 is 11.6 Å². The van der Waals surface area contributed by atoms with Crippen molar-refractivity contribution in [3.05, 3.63) is 45.8 Å². The molecule has 1 fully saturated rings. The highest BCUT2D eigenvalue weighted by atomic mass is 35.5. The van der Waals surface area contributed by atoms with E-state index in [0.717, 1.165) is 31.9 Å². The van der Waals surface area contributed by atoms with Crippen molar-refractivity contribution in [3.63, 3.8) is 0 Å². The first-order valence-corrected chi connectivity index (χ1v) is 7.05. The summed E-state index contributed by atoms with van der Waals surface area (Å²) < 4.78 is 0. The third-order valence-corrected chi connectivity index (χ3v) is 3.98. The number of phenols is 1. The van der Waals surface area contributed by atoms with Gasteiger partial charge in [0, 0.05) is 31.9 Å². The molecule has 0 aliphatic carbocycles. The van der Waals surface area contributed by atoms with Crippen LogP contribution in [0.2, 0.25) is 5.02 Å². The number of aromatic nitrogens is 2. The number of aromatic hydroxyl groups is 1. The molecule has 0 unspecified atom stereocenters. The number of piperazine rings is 1. The average Bonchev–Trinajstić information content (AvgIpc) is 2.51. The molecule has 0 atom stereocenters. The number of halogens is 1. The summed E-state index contributed by atoms with van der Waals surface area (Å²) in [4.78, 5) is 15.8. The van der Waals surface area contributed by atoms with Crippen molar-refractivity contribution in [1.82, 2.24) is 10.2 Å². The number of rotatable bonds is 2. The number of H-pyrrole nitrogens is 1. The van der Waals surface area contributed by atoms with Crippen molar-refractivity contribution in [1.29, 1.82) is 0 Å². The van der Waals surface area contributed by atoms with Crippen molar-refractivity contribution >= 4 is 23.0 Å². The van der Waals surface area contributed by atoms with Gasteiger partial charge in [-0.15, -0.1) is 0 Å². The van der Waals surface area contributed by atoms with Crippen LogP contribution < -0.4 is 15.4 Å². The molecule has 6 nitrogen and oxygen atoms in total. The van der Waals surface area contributed by atoms with Gasteiger partial charge in [0.05, 0.1) is 11.9 Å². The predicted octanol–water partition coefficient (Wildman–Crippen LogP) is 1.46. The first-order valence-electron chi connectivity index (χ1n) is 6.67. The van der Waals surface area contributed by atoms with Crippen LogP contribution in [0.1, 0.15) is 0 Å². The maximum atomic E-state index is 11.5. The lowest BCUT2D eigenvalue weighted by atomic mass is 10.2. The van der Waals surface area contributed by atoms with Crippen molar-refractivity contribution < 1.29 is 5.11 Å². The lowest BCUT2D eigenvalue weighted by Gasteiger charge is -2.37. The molecule has 1 aliphatic rings. The van der Waals surface area contributed by atoms with Crippen molar-refractivity contribution in [3.8, 4) is 5.75 Å². The molecule has 0 saturated carbocycles. The van der Waals surface area contributed by atoms with Gasteiger partial charge in [-0.05, 0) is 24.3 Å². The summed E-state index contributed by atoms with van der Waals surface area (Å²) >= 11 is 6.03.